The van der Waals surface area contributed by atoms with Gasteiger partial charge in [0.05, 0.1) is 17.4 Å². The van der Waals surface area contributed by atoms with E-state index in [1.807, 2.05) is 0 Å². The zero-order valence-corrected chi connectivity index (χ0v) is 8.06. The second kappa shape index (κ2) is 3.38. The number of nitrogens with zero attached hydrogens (tertiary/aromatic N) is 1. The minimum Gasteiger partial charge on any atom is -0.291 e. The molecule has 0 aliphatic carbocycles. The van der Waals surface area contributed by atoms with Crippen LogP contribution in [0.2, 0.25) is 0 Å². The molecule has 0 radical (unpaired) electrons. The maximum Gasteiger partial charge on any atom is 0.417 e. The lowest BCUT2D eigenvalue weighted by Gasteiger charge is -2.16. The molecule has 1 aliphatic rings. The summed E-state index contributed by atoms with van der Waals surface area (Å²) in [4.78, 5) is 3.38. The van der Waals surface area contributed by atoms with Crippen LogP contribution in [0.15, 0.2) is 16.6 Å². The molecule has 1 rings (SSSR count). The Kier molecular flexibility index (Phi) is 2.71. The highest BCUT2D eigenvalue weighted by atomic mass is 32.2. The molecule has 0 spiro atoms. The molecule has 3 nitrogen and oxygen atoms in total. The summed E-state index contributed by atoms with van der Waals surface area (Å²) < 4.78 is 58.4. The van der Waals surface area contributed by atoms with Gasteiger partial charge < -0.3 is 0 Å². The number of halogens is 3. The Balaban J connectivity index is 3.01. The number of dihydropyridines is 1. The van der Waals surface area contributed by atoms with Gasteiger partial charge in [-0.2, -0.15) is 13.2 Å². The van der Waals surface area contributed by atoms with Crippen LogP contribution in [0.4, 0.5) is 13.2 Å². The zero-order valence-electron chi connectivity index (χ0n) is 7.25. The monoisotopic (exact) mass is 227 g/mol. The Hall–Kier alpha value is -0.850. The topological polar surface area (TPSA) is 46.5 Å². The molecule has 0 saturated heterocycles. The molecule has 0 bridgehead atoms. The third-order valence-corrected chi connectivity index (χ3v) is 3.14. The van der Waals surface area contributed by atoms with Gasteiger partial charge in [-0.3, -0.25) is 4.99 Å². The highest BCUT2D eigenvalue weighted by Gasteiger charge is 2.35. The zero-order chi connectivity index (χ0) is 11.0. The lowest BCUT2D eigenvalue weighted by molar-refractivity contribution is -0.0859. The van der Waals surface area contributed by atoms with E-state index in [-0.39, 0.29) is 6.54 Å². The third kappa shape index (κ3) is 2.57. The third-order valence-electron chi connectivity index (χ3n) is 1.76. The summed E-state index contributed by atoms with van der Waals surface area (Å²) in [5.74, 6) is 0. The Morgan fingerprint density at radius 1 is 1.50 bits per heavy atom. The van der Waals surface area contributed by atoms with E-state index in [4.69, 9.17) is 0 Å². The highest BCUT2D eigenvalue weighted by Crippen LogP contribution is 2.27. The van der Waals surface area contributed by atoms with Gasteiger partial charge in [0.1, 0.15) is 0 Å². The molecule has 1 heterocycles. The number of sulfone groups is 1. The van der Waals surface area contributed by atoms with E-state index in [0.29, 0.717) is 12.3 Å². The van der Waals surface area contributed by atoms with Crippen molar-refractivity contribution < 1.29 is 21.6 Å². The molecule has 0 fully saturated rings. The van der Waals surface area contributed by atoms with Crippen LogP contribution in [0.25, 0.3) is 0 Å². The van der Waals surface area contributed by atoms with Crippen LogP contribution in [-0.4, -0.2) is 38.9 Å². The fourth-order valence-corrected chi connectivity index (χ4v) is 1.73. The summed E-state index contributed by atoms with van der Waals surface area (Å²) in [5.41, 5.74) is -1.00. The van der Waals surface area contributed by atoms with E-state index in [2.05, 4.69) is 4.99 Å². The van der Waals surface area contributed by atoms with Crippen molar-refractivity contribution in [3.63, 3.8) is 0 Å². The molecular formula is C7H8F3NO2S. The van der Waals surface area contributed by atoms with E-state index in [1.54, 1.807) is 0 Å². The predicted molar refractivity (Wildman–Crippen MR) is 46.1 cm³/mol. The van der Waals surface area contributed by atoms with Gasteiger partial charge in [-0.25, -0.2) is 8.42 Å². The maximum atomic E-state index is 12.1. The first-order valence-electron chi connectivity index (χ1n) is 3.69. The molecule has 80 valence electrons. The van der Waals surface area contributed by atoms with Crippen molar-refractivity contribution in [2.45, 2.75) is 11.4 Å². The van der Waals surface area contributed by atoms with E-state index in [9.17, 15) is 21.6 Å². The van der Waals surface area contributed by atoms with E-state index in [1.165, 1.54) is 0 Å². The summed E-state index contributed by atoms with van der Waals surface area (Å²) in [5, 5.41) is -1.16. The van der Waals surface area contributed by atoms with Gasteiger partial charge in [-0.1, -0.05) is 6.08 Å². The molecule has 0 N–H and O–H groups in total. The van der Waals surface area contributed by atoms with E-state index < -0.39 is 26.8 Å². The van der Waals surface area contributed by atoms with Gasteiger partial charge in [0.15, 0.2) is 9.84 Å². The summed E-state index contributed by atoms with van der Waals surface area (Å²) in [6.45, 7) is -0.140. The van der Waals surface area contributed by atoms with E-state index in [0.717, 1.165) is 6.26 Å². The number of alkyl halides is 3. The lowest BCUT2D eigenvalue weighted by Crippen LogP contribution is -2.27. The largest absolute Gasteiger partial charge is 0.417 e. The summed E-state index contributed by atoms with van der Waals surface area (Å²) >= 11 is 0. The minimum absolute atomic E-state index is 0.140. The number of aliphatic imine (C=N–C) groups is 1. The van der Waals surface area contributed by atoms with Crippen LogP contribution < -0.4 is 0 Å². The first-order chi connectivity index (χ1) is 6.21. The SMILES string of the molecule is CS(=O)(=O)C1C=C(C(F)(F)F)C=NC1. The summed E-state index contributed by atoms with van der Waals surface area (Å²) in [7, 11) is -3.51. The van der Waals surface area contributed by atoms with Crippen LogP contribution in [0.3, 0.4) is 0 Å². The molecule has 0 saturated carbocycles. The maximum absolute atomic E-state index is 12.1. The molecule has 0 aromatic carbocycles. The van der Waals surface area contributed by atoms with Gasteiger partial charge in [0.2, 0.25) is 0 Å². The molecule has 0 amide bonds. The van der Waals surface area contributed by atoms with Crippen LogP contribution in [0, 0.1) is 0 Å². The molecule has 1 unspecified atom stereocenters. The fraction of sp³-hybridized carbons (Fsp3) is 0.571. The molecule has 7 heteroatoms. The number of hydrogen-bond donors (Lipinski definition) is 0. The Morgan fingerprint density at radius 2 is 2.07 bits per heavy atom. The summed E-state index contributed by atoms with van der Waals surface area (Å²) in [6, 6.07) is 0. The Morgan fingerprint density at radius 3 is 2.50 bits per heavy atom. The van der Waals surface area contributed by atoms with Crippen molar-refractivity contribution in [1.29, 1.82) is 0 Å². The second-order valence-electron chi connectivity index (χ2n) is 2.98. The lowest BCUT2D eigenvalue weighted by atomic mass is 10.2. The normalized spacial score (nSPS) is 23.4. The van der Waals surface area contributed by atoms with Gasteiger partial charge in [-0.15, -0.1) is 0 Å². The van der Waals surface area contributed by atoms with Gasteiger partial charge >= 0.3 is 6.18 Å². The first-order valence-corrected chi connectivity index (χ1v) is 5.64. The standard InChI is InChI=1S/C7H8F3NO2S/c1-14(12,13)6-2-5(3-11-4-6)7(8,9)10/h2-3,6H,4H2,1H3. The number of allylic oxidation sites excluding steroid dienone is 1. The summed E-state index contributed by atoms with van der Waals surface area (Å²) in [6.07, 6.45) is -2.29. The average molecular weight is 227 g/mol. The smallest absolute Gasteiger partial charge is 0.291 e. The average Bonchev–Trinajstić information content (AvgIpc) is 2.01. The predicted octanol–water partition coefficient (Wildman–Crippen LogP) is 0.973. The van der Waals surface area contributed by atoms with Gasteiger partial charge in [-0.05, 0) is 0 Å². The highest BCUT2D eigenvalue weighted by molar-refractivity contribution is 7.91. The fourth-order valence-electron chi connectivity index (χ4n) is 0.978. The molecular weight excluding hydrogens is 219 g/mol. The molecule has 1 atom stereocenters. The van der Waals surface area contributed by atoms with Crippen LogP contribution >= 0.6 is 0 Å². The Bertz CT molecular complexity index is 380. The second-order valence-corrected chi connectivity index (χ2v) is 5.25. The minimum atomic E-state index is -4.53. The molecule has 1 aliphatic heterocycles. The van der Waals surface area contributed by atoms with Crippen molar-refractivity contribution in [3.05, 3.63) is 11.6 Å². The molecule has 0 aromatic heterocycles. The van der Waals surface area contributed by atoms with Crippen molar-refractivity contribution in [1.82, 2.24) is 0 Å². The number of hydrogen-bond acceptors (Lipinski definition) is 3. The molecule has 14 heavy (non-hydrogen) atoms. The van der Waals surface area contributed by atoms with Crippen molar-refractivity contribution >= 4 is 16.1 Å². The first kappa shape index (κ1) is 11.2. The van der Waals surface area contributed by atoms with Crippen molar-refractivity contribution in [3.8, 4) is 0 Å². The van der Waals surface area contributed by atoms with Crippen molar-refractivity contribution in [2.24, 2.45) is 4.99 Å². The van der Waals surface area contributed by atoms with Gasteiger partial charge in [0.25, 0.3) is 0 Å². The van der Waals surface area contributed by atoms with E-state index >= 15 is 0 Å². The van der Waals surface area contributed by atoms with Crippen LogP contribution in [-0.2, 0) is 9.84 Å². The quantitative estimate of drug-likeness (QED) is 0.670. The van der Waals surface area contributed by atoms with Crippen LogP contribution in [0.5, 0.6) is 0 Å². The van der Waals surface area contributed by atoms with Crippen LogP contribution in [0.1, 0.15) is 0 Å². The van der Waals surface area contributed by atoms with Crippen molar-refractivity contribution in [2.75, 3.05) is 12.8 Å². The van der Waals surface area contributed by atoms with Gasteiger partial charge in [0, 0.05) is 12.5 Å². The number of rotatable bonds is 1. The molecule has 0 aromatic rings. The Labute approximate surface area is 79.3 Å².